The second-order valence-electron chi connectivity index (χ2n) is 4.34. The topological polar surface area (TPSA) is 63.2 Å². The number of aryl methyl sites for hydroxylation is 1. The largest absolute Gasteiger partial charge is 0.573 e. The van der Waals surface area contributed by atoms with Gasteiger partial charge < -0.3 is 15.4 Å². The quantitative estimate of drug-likeness (QED) is 0.902. The van der Waals surface area contributed by atoms with Crippen LogP contribution in [0.4, 0.5) is 29.3 Å². The van der Waals surface area contributed by atoms with Gasteiger partial charge >= 0.3 is 12.4 Å². The molecule has 0 aliphatic rings. The Bertz CT molecular complexity index is 640. The van der Waals surface area contributed by atoms with Crippen LogP contribution in [-0.4, -0.2) is 17.4 Å². The number of amides is 2. The van der Waals surface area contributed by atoms with Crippen LogP contribution in [0.15, 0.2) is 42.6 Å². The lowest BCUT2D eigenvalue weighted by Gasteiger charge is -2.10. The van der Waals surface area contributed by atoms with Gasteiger partial charge in [-0.3, -0.25) is 4.98 Å². The normalized spacial score (nSPS) is 10.9. The Labute approximate surface area is 124 Å². The maximum atomic E-state index is 12.0. The molecule has 1 heterocycles. The minimum Gasteiger partial charge on any atom is -0.406 e. The molecule has 1 aromatic carbocycles. The SMILES string of the molecule is Cc1ccc(NC(=O)Nc2ccc(OC(F)(F)F)cc2)cn1. The van der Waals surface area contributed by atoms with Gasteiger partial charge in [0.1, 0.15) is 5.75 Å². The lowest BCUT2D eigenvalue weighted by Crippen LogP contribution is -2.19. The van der Waals surface area contributed by atoms with E-state index in [0.717, 1.165) is 17.8 Å². The Hall–Kier alpha value is -2.77. The van der Waals surface area contributed by atoms with E-state index in [4.69, 9.17) is 0 Å². The fourth-order valence-corrected chi connectivity index (χ4v) is 1.58. The van der Waals surface area contributed by atoms with E-state index in [1.807, 2.05) is 6.92 Å². The third-order valence-corrected chi connectivity index (χ3v) is 2.51. The van der Waals surface area contributed by atoms with Crippen molar-refractivity contribution in [2.75, 3.05) is 10.6 Å². The zero-order chi connectivity index (χ0) is 16.2. The standard InChI is InChI=1S/C14H12F3N3O2/c1-9-2-3-11(8-18-9)20-13(21)19-10-4-6-12(7-5-10)22-14(15,16)17/h2-8H,1H3,(H2,19,20,21). The molecule has 2 amide bonds. The second kappa shape index (κ2) is 6.33. The molecule has 0 saturated heterocycles. The predicted molar refractivity (Wildman–Crippen MR) is 74.7 cm³/mol. The van der Waals surface area contributed by atoms with Crippen molar-refractivity contribution in [2.24, 2.45) is 0 Å². The van der Waals surface area contributed by atoms with Gasteiger partial charge in [-0.1, -0.05) is 0 Å². The molecule has 0 saturated carbocycles. The molecule has 8 heteroatoms. The lowest BCUT2D eigenvalue weighted by molar-refractivity contribution is -0.274. The first kappa shape index (κ1) is 15.6. The second-order valence-corrected chi connectivity index (χ2v) is 4.34. The lowest BCUT2D eigenvalue weighted by atomic mass is 10.3. The van der Waals surface area contributed by atoms with Crippen LogP contribution in [0, 0.1) is 6.92 Å². The summed E-state index contributed by atoms with van der Waals surface area (Å²) >= 11 is 0. The van der Waals surface area contributed by atoms with Crippen molar-refractivity contribution in [3.63, 3.8) is 0 Å². The van der Waals surface area contributed by atoms with Crippen LogP contribution >= 0.6 is 0 Å². The number of urea groups is 1. The highest BCUT2D eigenvalue weighted by Gasteiger charge is 2.30. The van der Waals surface area contributed by atoms with Gasteiger partial charge in [0.2, 0.25) is 0 Å². The monoisotopic (exact) mass is 311 g/mol. The molecule has 2 rings (SSSR count). The Balaban J connectivity index is 1.93. The molecule has 2 N–H and O–H groups in total. The molecule has 0 unspecified atom stereocenters. The van der Waals surface area contributed by atoms with Crippen LogP contribution in [0.5, 0.6) is 5.75 Å². The smallest absolute Gasteiger partial charge is 0.406 e. The maximum absolute atomic E-state index is 12.0. The highest BCUT2D eigenvalue weighted by Crippen LogP contribution is 2.24. The van der Waals surface area contributed by atoms with Crippen molar-refractivity contribution < 1.29 is 22.7 Å². The Kier molecular flexibility index (Phi) is 4.50. The Morgan fingerprint density at radius 3 is 2.18 bits per heavy atom. The van der Waals surface area contributed by atoms with Crippen molar-refractivity contribution in [3.05, 3.63) is 48.3 Å². The third kappa shape index (κ3) is 4.97. The van der Waals surface area contributed by atoms with Gasteiger partial charge in [0.15, 0.2) is 0 Å². The molecule has 0 aliphatic heterocycles. The first-order chi connectivity index (χ1) is 10.3. The van der Waals surface area contributed by atoms with E-state index in [1.165, 1.54) is 18.3 Å². The van der Waals surface area contributed by atoms with E-state index in [2.05, 4.69) is 20.4 Å². The van der Waals surface area contributed by atoms with E-state index >= 15 is 0 Å². The molecular formula is C14H12F3N3O2. The Morgan fingerprint density at radius 1 is 1.05 bits per heavy atom. The van der Waals surface area contributed by atoms with Gasteiger partial charge in [-0.25, -0.2) is 4.79 Å². The first-order valence-corrected chi connectivity index (χ1v) is 6.18. The summed E-state index contributed by atoms with van der Waals surface area (Å²) in [6.45, 7) is 1.81. The predicted octanol–water partition coefficient (Wildman–Crippen LogP) is 3.93. The first-order valence-electron chi connectivity index (χ1n) is 6.18. The molecular weight excluding hydrogens is 299 g/mol. The molecule has 22 heavy (non-hydrogen) atoms. The summed E-state index contributed by atoms with van der Waals surface area (Å²) < 4.78 is 39.8. The zero-order valence-corrected chi connectivity index (χ0v) is 11.4. The number of alkyl halides is 3. The zero-order valence-electron chi connectivity index (χ0n) is 11.4. The summed E-state index contributed by atoms with van der Waals surface area (Å²) in [6.07, 6.45) is -3.25. The fraction of sp³-hybridized carbons (Fsp3) is 0.143. The number of benzene rings is 1. The number of nitrogens with one attached hydrogen (secondary N) is 2. The van der Waals surface area contributed by atoms with E-state index in [9.17, 15) is 18.0 Å². The molecule has 0 aliphatic carbocycles. The third-order valence-electron chi connectivity index (χ3n) is 2.51. The van der Waals surface area contributed by atoms with Gasteiger partial charge in [0.05, 0.1) is 11.9 Å². The number of carbonyl (C=O) groups is 1. The van der Waals surface area contributed by atoms with Gasteiger partial charge in [-0.15, -0.1) is 13.2 Å². The number of pyridine rings is 1. The summed E-state index contributed by atoms with van der Waals surface area (Å²) in [5, 5.41) is 5.03. The van der Waals surface area contributed by atoms with Gasteiger partial charge in [-0.2, -0.15) is 0 Å². The number of rotatable bonds is 3. The number of nitrogens with zero attached hydrogens (tertiary/aromatic N) is 1. The van der Waals surface area contributed by atoms with Crippen LogP contribution in [0.3, 0.4) is 0 Å². The Morgan fingerprint density at radius 2 is 1.64 bits per heavy atom. The summed E-state index contributed by atoms with van der Waals surface area (Å²) in [5.41, 5.74) is 1.64. The van der Waals surface area contributed by atoms with E-state index in [-0.39, 0.29) is 5.75 Å². The summed E-state index contributed by atoms with van der Waals surface area (Å²) in [7, 11) is 0. The number of aromatic nitrogens is 1. The summed E-state index contributed by atoms with van der Waals surface area (Å²) in [4.78, 5) is 15.7. The van der Waals surface area contributed by atoms with Crippen LogP contribution in [-0.2, 0) is 0 Å². The van der Waals surface area contributed by atoms with Crippen LogP contribution < -0.4 is 15.4 Å². The molecule has 0 spiro atoms. The van der Waals surface area contributed by atoms with E-state index < -0.39 is 12.4 Å². The van der Waals surface area contributed by atoms with Gasteiger partial charge in [0.25, 0.3) is 0 Å². The molecule has 1 aromatic heterocycles. The van der Waals surface area contributed by atoms with E-state index in [0.29, 0.717) is 11.4 Å². The van der Waals surface area contributed by atoms with E-state index in [1.54, 1.807) is 12.1 Å². The summed E-state index contributed by atoms with van der Waals surface area (Å²) in [5.74, 6) is -0.360. The van der Waals surface area contributed by atoms with Crippen molar-refractivity contribution >= 4 is 17.4 Å². The molecule has 2 aromatic rings. The fourth-order valence-electron chi connectivity index (χ4n) is 1.58. The number of ether oxygens (including phenoxy) is 1. The number of halogens is 3. The summed E-state index contributed by atoms with van der Waals surface area (Å²) in [6, 6.07) is 7.70. The average Bonchev–Trinajstić information content (AvgIpc) is 2.42. The average molecular weight is 311 g/mol. The molecule has 116 valence electrons. The van der Waals surface area contributed by atoms with Gasteiger partial charge in [-0.05, 0) is 43.3 Å². The minimum atomic E-state index is -4.75. The van der Waals surface area contributed by atoms with Crippen molar-refractivity contribution in [3.8, 4) is 5.75 Å². The van der Waals surface area contributed by atoms with Crippen molar-refractivity contribution in [1.29, 1.82) is 0 Å². The number of carbonyl (C=O) groups excluding carboxylic acids is 1. The van der Waals surface area contributed by atoms with Crippen LogP contribution in [0.25, 0.3) is 0 Å². The molecule has 0 radical (unpaired) electrons. The molecule has 0 atom stereocenters. The number of anilines is 2. The highest BCUT2D eigenvalue weighted by atomic mass is 19.4. The van der Waals surface area contributed by atoms with Crippen LogP contribution in [0.1, 0.15) is 5.69 Å². The molecule has 5 nitrogen and oxygen atoms in total. The number of hydrogen-bond acceptors (Lipinski definition) is 3. The van der Waals surface area contributed by atoms with Crippen molar-refractivity contribution in [1.82, 2.24) is 4.98 Å². The minimum absolute atomic E-state index is 0.326. The highest BCUT2D eigenvalue weighted by molar-refractivity contribution is 5.99. The van der Waals surface area contributed by atoms with Crippen molar-refractivity contribution in [2.45, 2.75) is 13.3 Å². The maximum Gasteiger partial charge on any atom is 0.573 e. The molecule has 0 fully saturated rings. The number of hydrogen-bond donors (Lipinski definition) is 2. The van der Waals surface area contributed by atoms with Crippen LogP contribution in [0.2, 0.25) is 0 Å². The van der Waals surface area contributed by atoms with Gasteiger partial charge in [0, 0.05) is 11.4 Å². The molecule has 0 bridgehead atoms.